The maximum Gasteiger partial charge on any atom is 0.260 e. The largest absolute Gasteiger partial charge is 0.458 e. The van der Waals surface area contributed by atoms with Gasteiger partial charge in [0.25, 0.3) is 6.71 Å². The second-order valence-corrected chi connectivity index (χ2v) is 11.4. The Hall–Kier alpha value is -5.02. The zero-order valence-corrected chi connectivity index (χ0v) is 23.9. The third-order valence-corrected chi connectivity index (χ3v) is 8.85. The molecule has 8 rings (SSSR count). The zero-order valence-electron chi connectivity index (χ0n) is 23.9. The molecule has 6 aromatic carbocycles. The highest BCUT2D eigenvalue weighted by atomic mass is 16.5. The fourth-order valence-electron chi connectivity index (χ4n) is 6.72. The van der Waals surface area contributed by atoms with E-state index in [1.165, 1.54) is 38.8 Å². The summed E-state index contributed by atoms with van der Waals surface area (Å²) in [5.74, 6) is 3.54. The third kappa shape index (κ3) is 3.81. The predicted molar refractivity (Wildman–Crippen MR) is 175 cm³/mol. The van der Waals surface area contributed by atoms with Crippen LogP contribution in [0.5, 0.6) is 23.0 Å². The van der Waals surface area contributed by atoms with E-state index >= 15 is 0 Å². The highest BCUT2D eigenvalue weighted by Crippen LogP contribution is 2.42. The average Bonchev–Trinajstić information content (AvgIpc) is 3.01. The monoisotopic (exact) mass is 540 g/mol. The van der Waals surface area contributed by atoms with Gasteiger partial charge >= 0.3 is 0 Å². The standard InChI is InChI=1S/C39H29BO2/c1-24-11-4-7-14-29(24)27-19-20-33-35(21-27)41-36-22-28(30-15-8-5-12-25(30)2)23-37-38(36)40(33)34-18-10-17-32(39(34)42-37)31-16-9-6-13-26(31)3/h4-23H,1-3H3. The van der Waals surface area contributed by atoms with Crippen LogP contribution in [0.25, 0.3) is 33.4 Å². The van der Waals surface area contributed by atoms with Crippen molar-refractivity contribution in [1.82, 2.24) is 0 Å². The van der Waals surface area contributed by atoms with Gasteiger partial charge in [0, 0.05) is 11.0 Å². The van der Waals surface area contributed by atoms with Gasteiger partial charge in [0.1, 0.15) is 23.0 Å². The summed E-state index contributed by atoms with van der Waals surface area (Å²) in [6.45, 7) is 6.48. The molecule has 6 aromatic rings. The van der Waals surface area contributed by atoms with Crippen molar-refractivity contribution >= 4 is 23.1 Å². The van der Waals surface area contributed by atoms with E-state index in [0.717, 1.165) is 50.6 Å². The van der Waals surface area contributed by atoms with Gasteiger partial charge in [0.05, 0.1) is 0 Å². The van der Waals surface area contributed by atoms with Crippen LogP contribution in [0.3, 0.4) is 0 Å². The van der Waals surface area contributed by atoms with Crippen molar-refractivity contribution in [2.75, 3.05) is 0 Å². The Bertz CT molecular complexity index is 2040. The predicted octanol–water partition coefficient (Wildman–Crippen LogP) is 8.34. The second kappa shape index (κ2) is 9.53. The van der Waals surface area contributed by atoms with Crippen molar-refractivity contribution in [3.8, 4) is 56.4 Å². The van der Waals surface area contributed by atoms with Crippen molar-refractivity contribution in [3.63, 3.8) is 0 Å². The molecule has 0 bridgehead atoms. The van der Waals surface area contributed by atoms with Crippen LogP contribution in [-0.4, -0.2) is 6.71 Å². The smallest absolute Gasteiger partial charge is 0.260 e. The quantitative estimate of drug-likeness (QED) is 0.210. The SMILES string of the molecule is Cc1ccccc1-c1ccc2c(c1)Oc1cc(-c3ccccc3C)cc3c1B2c1cccc(-c2ccccc2C)c1O3. The summed E-state index contributed by atoms with van der Waals surface area (Å²) < 4.78 is 13.7. The van der Waals surface area contributed by atoms with Gasteiger partial charge in [-0.3, -0.25) is 0 Å². The van der Waals surface area contributed by atoms with Crippen LogP contribution in [0.1, 0.15) is 16.7 Å². The molecule has 3 heteroatoms. The minimum Gasteiger partial charge on any atom is -0.458 e. The van der Waals surface area contributed by atoms with Gasteiger partial charge in [-0.2, -0.15) is 0 Å². The van der Waals surface area contributed by atoms with Crippen LogP contribution in [0.15, 0.2) is 121 Å². The molecule has 0 radical (unpaired) electrons. The normalized spacial score (nSPS) is 12.5. The van der Waals surface area contributed by atoms with E-state index in [4.69, 9.17) is 9.47 Å². The lowest BCUT2D eigenvalue weighted by molar-refractivity contribution is 0.466. The van der Waals surface area contributed by atoms with E-state index in [1.54, 1.807) is 0 Å². The number of para-hydroxylation sites is 1. The summed E-state index contributed by atoms with van der Waals surface area (Å²) in [5.41, 5.74) is 14.1. The lowest BCUT2D eigenvalue weighted by Crippen LogP contribution is -2.57. The van der Waals surface area contributed by atoms with Crippen LogP contribution >= 0.6 is 0 Å². The molecule has 0 amide bonds. The molecular formula is C39H29BO2. The summed E-state index contributed by atoms with van der Waals surface area (Å²) in [6.07, 6.45) is 0. The lowest BCUT2D eigenvalue weighted by Gasteiger charge is -2.34. The molecule has 0 unspecified atom stereocenters. The fourth-order valence-corrected chi connectivity index (χ4v) is 6.72. The van der Waals surface area contributed by atoms with Crippen LogP contribution in [0, 0.1) is 20.8 Å². The molecule has 2 nitrogen and oxygen atoms in total. The van der Waals surface area contributed by atoms with E-state index in [1.807, 2.05) is 0 Å². The fraction of sp³-hybridized carbons (Fsp3) is 0.0769. The molecule has 0 aromatic heterocycles. The number of hydrogen-bond donors (Lipinski definition) is 0. The van der Waals surface area contributed by atoms with E-state index in [0.29, 0.717) is 0 Å². The molecule has 0 fully saturated rings. The first-order valence-corrected chi connectivity index (χ1v) is 14.6. The second-order valence-electron chi connectivity index (χ2n) is 11.4. The molecule has 42 heavy (non-hydrogen) atoms. The number of ether oxygens (including phenoxy) is 2. The highest BCUT2D eigenvalue weighted by Gasteiger charge is 2.41. The van der Waals surface area contributed by atoms with E-state index in [2.05, 4.69) is 142 Å². The molecule has 0 spiro atoms. The van der Waals surface area contributed by atoms with Crippen LogP contribution in [-0.2, 0) is 0 Å². The Balaban J connectivity index is 1.38. The van der Waals surface area contributed by atoms with Gasteiger partial charge in [0.15, 0.2) is 0 Å². The Labute approximate surface area is 247 Å². The average molecular weight is 540 g/mol. The first kappa shape index (κ1) is 24.8. The number of rotatable bonds is 3. The molecule has 0 saturated carbocycles. The summed E-state index contributed by atoms with van der Waals surface area (Å²) in [4.78, 5) is 0. The topological polar surface area (TPSA) is 18.5 Å². The van der Waals surface area contributed by atoms with E-state index in [9.17, 15) is 0 Å². The first-order chi connectivity index (χ1) is 20.6. The van der Waals surface area contributed by atoms with Gasteiger partial charge < -0.3 is 9.47 Å². The summed E-state index contributed by atoms with van der Waals surface area (Å²) in [6, 6.07) is 43.2. The van der Waals surface area contributed by atoms with E-state index in [-0.39, 0.29) is 6.71 Å². The molecule has 200 valence electrons. The Morgan fingerprint density at radius 2 is 0.976 bits per heavy atom. The summed E-state index contributed by atoms with van der Waals surface area (Å²) in [5, 5.41) is 0. The maximum absolute atomic E-state index is 6.91. The minimum absolute atomic E-state index is 0.00306. The van der Waals surface area contributed by atoms with Gasteiger partial charge in [-0.1, -0.05) is 103 Å². The lowest BCUT2D eigenvalue weighted by atomic mass is 9.34. The third-order valence-electron chi connectivity index (χ3n) is 8.85. The van der Waals surface area contributed by atoms with Crippen LogP contribution in [0.2, 0.25) is 0 Å². The van der Waals surface area contributed by atoms with Crippen LogP contribution < -0.4 is 25.9 Å². The number of benzene rings is 6. The Morgan fingerprint density at radius 3 is 1.64 bits per heavy atom. The van der Waals surface area contributed by atoms with Crippen molar-refractivity contribution in [3.05, 3.63) is 138 Å². The first-order valence-electron chi connectivity index (χ1n) is 14.6. The minimum atomic E-state index is 0.00306. The van der Waals surface area contributed by atoms with Crippen molar-refractivity contribution in [2.45, 2.75) is 20.8 Å². The van der Waals surface area contributed by atoms with Crippen molar-refractivity contribution < 1.29 is 9.47 Å². The molecule has 0 saturated heterocycles. The van der Waals surface area contributed by atoms with Crippen molar-refractivity contribution in [2.24, 2.45) is 0 Å². The Kier molecular flexibility index (Phi) is 5.62. The number of aryl methyl sites for hydroxylation is 3. The number of fused-ring (bicyclic) bond motifs is 4. The molecule has 0 N–H and O–H groups in total. The van der Waals surface area contributed by atoms with Gasteiger partial charge in [0.2, 0.25) is 0 Å². The number of hydrogen-bond acceptors (Lipinski definition) is 2. The molecule has 2 heterocycles. The van der Waals surface area contributed by atoms with E-state index < -0.39 is 0 Å². The molecule has 2 aliphatic heterocycles. The highest BCUT2D eigenvalue weighted by molar-refractivity contribution is 6.98. The van der Waals surface area contributed by atoms with Crippen molar-refractivity contribution in [1.29, 1.82) is 0 Å². The molecule has 0 atom stereocenters. The zero-order chi connectivity index (χ0) is 28.4. The summed E-state index contributed by atoms with van der Waals surface area (Å²) in [7, 11) is 0. The molecular weight excluding hydrogens is 511 g/mol. The Morgan fingerprint density at radius 1 is 0.429 bits per heavy atom. The maximum atomic E-state index is 6.91. The van der Waals surface area contributed by atoms with Gasteiger partial charge in [-0.25, -0.2) is 0 Å². The molecule has 2 aliphatic rings. The summed E-state index contributed by atoms with van der Waals surface area (Å²) >= 11 is 0. The van der Waals surface area contributed by atoms with Gasteiger partial charge in [-0.05, 0) is 94.4 Å². The van der Waals surface area contributed by atoms with Crippen LogP contribution in [0.4, 0.5) is 0 Å². The van der Waals surface area contributed by atoms with Gasteiger partial charge in [-0.15, -0.1) is 0 Å². The molecule has 0 aliphatic carbocycles.